The number of thiocarbonyl (C=S) groups is 1. The molecule has 0 saturated carbocycles. The van der Waals surface area contributed by atoms with Crippen LogP contribution in [0.15, 0.2) is 135 Å². The Balaban J connectivity index is 0. The molecule has 0 spiro atoms. The van der Waals surface area contributed by atoms with Crippen molar-refractivity contribution in [1.82, 2.24) is 0 Å². The molecule has 334 valence electrons. The van der Waals surface area contributed by atoms with Crippen molar-refractivity contribution < 1.29 is 31.1 Å². The van der Waals surface area contributed by atoms with E-state index in [0.717, 1.165) is 34.2 Å². The number of nitrogens with zero attached hydrogens (tertiary/aromatic N) is 7. The van der Waals surface area contributed by atoms with E-state index in [-0.39, 0.29) is 31.1 Å². The summed E-state index contributed by atoms with van der Waals surface area (Å²) >= 11 is 3.70. The molecule has 0 bridgehead atoms. The van der Waals surface area contributed by atoms with Gasteiger partial charge in [0.05, 0.1) is 0 Å². The average molecular weight is 1180 g/mol. The largest absolute Gasteiger partial charge is 4.00 e. The average Bonchev–Trinajstić information content (AvgIpc) is 3.10. The third-order valence-electron chi connectivity index (χ3n) is 6.68. The minimum atomic E-state index is -1.49. The number of benzene rings is 4. The Kier molecular flexibility index (Phi) is 28.9. The first-order valence-electron chi connectivity index (χ1n) is 21.0. The Morgan fingerprint density at radius 1 is 0.403 bits per heavy atom. The quantitative estimate of drug-likeness (QED) is 0.0709. The van der Waals surface area contributed by atoms with Crippen LogP contribution in [0.4, 0.5) is 0 Å². The molecule has 4 rings (SSSR count). The van der Waals surface area contributed by atoms with Crippen molar-refractivity contribution in [2.75, 3.05) is 0 Å². The molecule has 0 radical (unpaired) electrons. The molecule has 0 amide bonds. The normalized spacial score (nSPS) is 12.3. The molecule has 0 unspecified atom stereocenters. The number of aryl methyl sites for hydroxylation is 1. The molecule has 7 nitrogen and oxygen atoms in total. The first kappa shape index (κ1) is 61.5. The van der Waals surface area contributed by atoms with Crippen molar-refractivity contribution in [1.29, 1.82) is 0 Å². The van der Waals surface area contributed by atoms with Gasteiger partial charge in [0.15, 0.2) is 0 Å². The van der Waals surface area contributed by atoms with E-state index in [1.54, 1.807) is 0 Å². The van der Waals surface area contributed by atoms with E-state index in [1.807, 2.05) is 36.4 Å². The van der Waals surface area contributed by atoms with Crippen LogP contribution < -0.4 is 0 Å². The van der Waals surface area contributed by atoms with Gasteiger partial charge in [-0.3, -0.25) is 0 Å². The van der Waals surface area contributed by atoms with Gasteiger partial charge in [-0.15, -0.1) is 0 Å². The SMILES string of the molecule is C[Si](C)(C)/N=C(/[N-][Si](C)(C)C)c1ccccc1.C[Si](C)(C)/N=C(/[N-][Si](C)(C)C)c1ccccc1.C[Si](C)(C)/N=C(/[N-][Si](C)(C)C)c1ccccc1.Cc1ccccc1.[N-]=C=S.[U+4]. The molecule has 15 heteroatoms. The van der Waals surface area contributed by atoms with E-state index in [4.69, 9.17) is 34.3 Å². The van der Waals surface area contributed by atoms with Gasteiger partial charge in [-0.05, 0) is 23.6 Å². The third kappa shape index (κ3) is 35.9. The van der Waals surface area contributed by atoms with E-state index in [9.17, 15) is 0 Å². The standard InChI is InChI=1S/3C13H23N2Si2.C7H8.CNS.U/c3*1-16(2,3)14-13(15-17(4,5)6)12-10-8-7-9-11-12;1-7-5-3-2-4-6-7;2-1-3;/h3*7-11H,1-6H3;2-6H,1H3;;/q3*-1;;-1;+4. The zero-order valence-electron chi connectivity index (χ0n) is 41.6. The Labute approximate surface area is 414 Å². The van der Waals surface area contributed by atoms with Gasteiger partial charge >= 0.3 is 31.1 Å². The fourth-order valence-electron chi connectivity index (χ4n) is 4.66. The molecule has 0 aliphatic heterocycles. The Bertz CT molecular complexity index is 1750. The van der Waals surface area contributed by atoms with Gasteiger partial charge < -0.3 is 34.3 Å². The Hall–Kier alpha value is -2.56. The van der Waals surface area contributed by atoms with Crippen LogP contribution in [-0.4, -0.2) is 72.1 Å². The summed E-state index contributed by atoms with van der Waals surface area (Å²) in [6.07, 6.45) is 0. The first-order chi connectivity index (χ1) is 27.8. The molecule has 4 aromatic rings. The molecule has 0 saturated heterocycles. The summed E-state index contributed by atoms with van der Waals surface area (Å²) in [5.74, 6) is 2.89. The summed E-state index contributed by atoms with van der Waals surface area (Å²) < 4.78 is 14.7. The second-order valence-electron chi connectivity index (χ2n) is 20.5. The molecule has 0 aliphatic rings. The maximum Gasteiger partial charge on any atom is 4.00 e. The van der Waals surface area contributed by atoms with E-state index < -0.39 is 49.4 Å². The van der Waals surface area contributed by atoms with Crippen LogP contribution in [-0.2, 0) is 0 Å². The number of hydrogen-bond acceptors (Lipinski definition) is 4. The van der Waals surface area contributed by atoms with Gasteiger partial charge in [0.2, 0.25) is 0 Å². The minimum Gasteiger partial charge on any atom is -0.753 e. The summed E-state index contributed by atoms with van der Waals surface area (Å²) in [6, 6.07) is 41.3. The van der Waals surface area contributed by atoms with Gasteiger partial charge in [-0.2, -0.15) is 5.16 Å². The molecule has 4 aromatic carbocycles. The van der Waals surface area contributed by atoms with Gasteiger partial charge in [0.1, 0.15) is 0 Å². The van der Waals surface area contributed by atoms with Gasteiger partial charge in [0.25, 0.3) is 0 Å². The van der Waals surface area contributed by atoms with Crippen LogP contribution in [0.25, 0.3) is 20.4 Å². The number of amidine groups is 3. The maximum absolute atomic E-state index is 7.13. The van der Waals surface area contributed by atoms with Gasteiger partial charge in [-0.1, -0.05) is 274 Å². The molecular weight excluding hydrogens is 1100 g/mol. The molecule has 0 N–H and O–H groups in total. The molecule has 0 aliphatic carbocycles. The second-order valence-corrected chi connectivity index (χ2v) is 48.1. The topological polar surface area (TPSA) is 102 Å². The molecular formula is C47H77N7SSi6U. The van der Waals surface area contributed by atoms with E-state index in [0.29, 0.717) is 0 Å². The van der Waals surface area contributed by atoms with Crippen molar-refractivity contribution >= 4 is 84.3 Å². The van der Waals surface area contributed by atoms with Crippen LogP contribution in [0.1, 0.15) is 22.3 Å². The smallest absolute Gasteiger partial charge is 0.753 e. The Morgan fingerprint density at radius 3 is 0.710 bits per heavy atom. The maximum atomic E-state index is 7.13. The third-order valence-corrected chi connectivity index (χ3v) is 12.0. The summed E-state index contributed by atoms with van der Waals surface area (Å²) in [6.45, 7) is 42.5. The van der Waals surface area contributed by atoms with Crippen LogP contribution in [0.2, 0.25) is 118 Å². The zero-order chi connectivity index (χ0) is 47.1. The molecule has 62 heavy (non-hydrogen) atoms. The molecule has 0 heterocycles. The second kappa shape index (κ2) is 29.1. The van der Waals surface area contributed by atoms with Gasteiger partial charge in [0, 0.05) is 49.4 Å². The fourth-order valence-corrected chi connectivity index (χ4v) is 9.85. The Morgan fingerprint density at radius 2 is 0.581 bits per heavy atom. The summed E-state index contributed by atoms with van der Waals surface area (Å²) in [5, 5.41) is 8.47. The van der Waals surface area contributed by atoms with Crippen LogP contribution >= 0.6 is 12.2 Å². The van der Waals surface area contributed by atoms with Crippen LogP contribution in [0.3, 0.4) is 0 Å². The van der Waals surface area contributed by atoms with E-state index >= 15 is 0 Å². The monoisotopic (exact) mass is 1180 g/mol. The summed E-state index contributed by atoms with van der Waals surface area (Å²) in [5.41, 5.74) is 4.77. The van der Waals surface area contributed by atoms with Crippen molar-refractivity contribution in [2.45, 2.75) is 125 Å². The number of hydrogen-bond donors (Lipinski definition) is 0. The van der Waals surface area contributed by atoms with Crippen molar-refractivity contribution in [3.05, 3.63) is 164 Å². The van der Waals surface area contributed by atoms with Crippen molar-refractivity contribution in [3.8, 4) is 0 Å². The zero-order valence-corrected chi connectivity index (χ0v) is 52.6. The van der Waals surface area contributed by atoms with Crippen molar-refractivity contribution in [2.24, 2.45) is 14.0 Å². The number of rotatable bonds is 9. The first-order valence-corrected chi connectivity index (χ1v) is 42.1. The molecule has 0 fully saturated rings. The van der Waals surface area contributed by atoms with E-state index in [2.05, 4.69) is 222 Å². The fraction of sp³-hybridized carbons (Fsp3) is 0.404. The molecule has 0 atom stereocenters. The van der Waals surface area contributed by atoms with E-state index in [1.165, 1.54) is 10.7 Å². The van der Waals surface area contributed by atoms with Gasteiger partial charge in [-0.25, -0.2) is 0 Å². The summed E-state index contributed by atoms with van der Waals surface area (Å²) in [7, 11) is -8.92. The van der Waals surface area contributed by atoms with Crippen molar-refractivity contribution in [3.63, 3.8) is 0 Å². The van der Waals surface area contributed by atoms with Crippen LogP contribution in [0, 0.1) is 38.0 Å². The minimum absolute atomic E-state index is 0. The predicted octanol–water partition coefficient (Wildman–Crippen LogP) is 16.1. The predicted molar refractivity (Wildman–Crippen MR) is 296 cm³/mol. The summed E-state index contributed by atoms with van der Waals surface area (Å²) in [4.78, 5) is 14.7. The molecule has 0 aromatic heterocycles. The van der Waals surface area contributed by atoms with Crippen LogP contribution in [0.5, 0.6) is 0 Å². The number of isothiocyanates is 1.